The highest BCUT2D eigenvalue weighted by molar-refractivity contribution is 4.85. The number of rotatable bonds is 3. The Kier molecular flexibility index (Phi) is 3.33. The van der Waals surface area contributed by atoms with Crippen LogP contribution in [0.5, 0.6) is 0 Å². The smallest absolute Gasteiger partial charge is 0.223 e. The van der Waals surface area contributed by atoms with Crippen LogP contribution in [0.25, 0.3) is 0 Å². The van der Waals surface area contributed by atoms with Crippen LogP contribution in [-0.2, 0) is 6.54 Å². The number of nitrogens with zero attached hydrogens (tertiary/aromatic N) is 3. The lowest BCUT2D eigenvalue weighted by Crippen LogP contribution is -2.36. The predicted octanol–water partition coefficient (Wildman–Crippen LogP) is 0.582. The van der Waals surface area contributed by atoms with E-state index in [9.17, 15) is 0 Å². The molecule has 1 saturated heterocycles. The minimum absolute atomic E-state index is 0.280. The third-order valence-corrected chi connectivity index (χ3v) is 2.80. The molecule has 84 valence electrons. The Morgan fingerprint density at radius 1 is 1.60 bits per heavy atom. The highest BCUT2D eigenvalue weighted by atomic mass is 16.5. The zero-order chi connectivity index (χ0) is 10.7. The third-order valence-electron chi connectivity index (χ3n) is 2.80. The molecule has 1 atom stereocenters. The highest BCUT2D eigenvalue weighted by Gasteiger charge is 2.20. The zero-order valence-electron chi connectivity index (χ0n) is 9.02. The number of aliphatic hydroxyl groups excluding tert-OH is 1. The molecule has 2 rings (SSSR count). The summed E-state index contributed by atoms with van der Waals surface area (Å²) in [5.41, 5.74) is 0. The minimum atomic E-state index is 0.280. The van der Waals surface area contributed by atoms with Gasteiger partial charge in [0.25, 0.3) is 0 Å². The monoisotopic (exact) mass is 211 g/mol. The first-order chi connectivity index (χ1) is 7.28. The molecular weight excluding hydrogens is 194 g/mol. The molecule has 1 aliphatic rings. The standard InChI is InChI=1S/C10H17N3O2/c1-8-11-10(12-15-8)6-13-4-2-3-9(5-13)7-14/h9,14H,2-7H2,1H3. The second-order valence-electron chi connectivity index (χ2n) is 4.16. The van der Waals surface area contributed by atoms with E-state index in [4.69, 9.17) is 9.63 Å². The van der Waals surface area contributed by atoms with Crippen LogP contribution in [-0.4, -0.2) is 39.8 Å². The van der Waals surface area contributed by atoms with Crippen molar-refractivity contribution in [2.75, 3.05) is 19.7 Å². The minimum Gasteiger partial charge on any atom is -0.396 e. The van der Waals surface area contributed by atoms with Crippen molar-refractivity contribution in [1.29, 1.82) is 0 Å². The number of aliphatic hydroxyl groups is 1. The number of piperidine rings is 1. The largest absolute Gasteiger partial charge is 0.396 e. The summed E-state index contributed by atoms with van der Waals surface area (Å²) in [6.45, 7) is 4.80. The molecular formula is C10H17N3O2. The van der Waals surface area contributed by atoms with E-state index >= 15 is 0 Å². The lowest BCUT2D eigenvalue weighted by Gasteiger charge is -2.30. The fraction of sp³-hybridized carbons (Fsp3) is 0.800. The molecule has 1 aromatic rings. The Morgan fingerprint density at radius 2 is 2.47 bits per heavy atom. The number of aromatic nitrogens is 2. The number of hydrogen-bond donors (Lipinski definition) is 1. The summed E-state index contributed by atoms with van der Waals surface area (Å²) >= 11 is 0. The molecule has 0 aromatic carbocycles. The molecule has 0 bridgehead atoms. The van der Waals surface area contributed by atoms with Gasteiger partial charge in [0.15, 0.2) is 5.82 Å². The highest BCUT2D eigenvalue weighted by Crippen LogP contribution is 2.17. The van der Waals surface area contributed by atoms with Gasteiger partial charge >= 0.3 is 0 Å². The molecule has 1 N–H and O–H groups in total. The average molecular weight is 211 g/mol. The second-order valence-corrected chi connectivity index (χ2v) is 4.16. The first-order valence-electron chi connectivity index (χ1n) is 5.40. The first kappa shape index (κ1) is 10.6. The molecule has 1 aromatic heterocycles. The van der Waals surface area contributed by atoms with Gasteiger partial charge in [-0.05, 0) is 25.3 Å². The van der Waals surface area contributed by atoms with Crippen LogP contribution < -0.4 is 0 Å². The van der Waals surface area contributed by atoms with Gasteiger partial charge < -0.3 is 9.63 Å². The van der Waals surface area contributed by atoms with Crippen LogP contribution in [0.3, 0.4) is 0 Å². The Balaban J connectivity index is 1.88. The van der Waals surface area contributed by atoms with Gasteiger partial charge in [0.1, 0.15) is 0 Å². The van der Waals surface area contributed by atoms with Gasteiger partial charge in [-0.1, -0.05) is 5.16 Å². The molecule has 0 spiro atoms. The topological polar surface area (TPSA) is 62.4 Å². The van der Waals surface area contributed by atoms with Crippen molar-refractivity contribution in [3.05, 3.63) is 11.7 Å². The maximum absolute atomic E-state index is 9.10. The summed E-state index contributed by atoms with van der Waals surface area (Å²) in [5, 5.41) is 13.0. The van der Waals surface area contributed by atoms with Crippen molar-refractivity contribution in [2.45, 2.75) is 26.3 Å². The van der Waals surface area contributed by atoms with Crippen molar-refractivity contribution >= 4 is 0 Å². The molecule has 0 saturated carbocycles. The molecule has 5 nitrogen and oxygen atoms in total. The molecule has 5 heteroatoms. The van der Waals surface area contributed by atoms with Crippen molar-refractivity contribution in [3.8, 4) is 0 Å². The van der Waals surface area contributed by atoms with E-state index in [1.807, 2.05) is 0 Å². The van der Waals surface area contributed by atoms with E-state index in [1.165, 1.54) is 0 Å². The Labute approximate surface area is 89.1 Å². The van der Waals surface area contributed by atoms with E-state index in [2.05, 4.69) is 15.0 Å². The molecule has 0 radical (unpaired) electrons. The van der Waals surface area contributed by atoms with Gasteiger partial charge in [0.2, 0.25) is 5.89 Å². The maximum Gasteiger partial charge on any atom is 0.223 e. The normalized spacial score (nSPS) is 23.2. The lowest BCUT2D eigenvalue weighted by molar-refractivity contribution is 0.113. The van der Waals surface area contributed by atoms with Crippen LogP contribution in [0.4, 0.5) is 0 Å². The summed E-state index contributed by atoms with van der Waals surface area (Å²) in [7, 11) is 0. The van der Waals surface area contributed by atoms with Gasteiger partial charge in [0, 0.05) is 20.1 Å². The van der Waals surface area contributed by atoms with E-state index in [0.29, 0.717) is 11.8 Å². The van der Waals surface area contributed by atoms with E-state index < -0.39 is 0 Å². The predicted molar refractivity (Wildman–Crippen MR) is 54.1 cm³/mol. The molecule has 1 unspecified atom stereocenters. The fourth-order valence-corrected chi connectivity index (χ4v) is 2.05. The van der Waals surface area contributed by atoms with Gasteiger partial charge in [0.05, 0.1) is 6.54 Å². The first-order valence-corrected chi connectivity index (χ1v) is 5.40. The summed E-state index contributed by atoms with van der Waals surface area (Å²) in [6, 6.07) is 0. The van der Waals surface area contributed by atoms with Crippen molar-refractivity contribution in [3.63, 3.8) is 0 Å². The molecule has 15 heavy (non-hydrogen) atoms. The maximum atomic E-state index is 9.10. The van der Waals surface area contributed by atoms with E-state index in [-0.39, 0.29) is 6.61 Å². The Morgan fingerprint density at radius 3 is 3.13 bits per heavy atom. The van der Waals surface area contributed by atoms with Crippen molar-refractivity contribution in [2.24, 2.45) is 5.92 Å². The lowest BCUT2D eigenvalue weighted by atomic mass is 9.99. The quantitative estimate of drug-likeness (QED) is 0.792. The molecule has 0 aliphatic carbocycles. The van der Waals surface area contributed by atoms with Crippen LogP contribution in [0.1, 0.15) is 24.6 Å². The second kappa shape index (κ2) is 4.72. The fourth-order valence-electron chi connectivity index (χ4n) is 2.05. The molecule has 2 heterocycles. The van der Waals surface area contributed by atoms with Gasteiger partial charge in [-0.15, -0.1) is 0 Å². The zero-order valence-corrected chi connectivity index (χ0v) is 9.02. The summed E-state index contributed by atoms with van der Waals surface area (Å²) in [5.74, 6) is 1.76. The van der Waals surface area contributed by atoms with Crippen molar-refractivity contribution < 1.29 is 9.63 Å². The number of aryl methyl sites for hydroxylation is 1. The van der Waals surface area contributed by atoms with Gasteiger partial charge in [-0.2, -0.15) is 4.98 Å². The summed E-state index contributed by atoms with van der Waals surface area (Å²) in [6.07, 6.45) is 2.26. The van der Waals surface area contributed by atoms with Gasteiger partial charge in [-0.3, -0.25) is 4.90 Å². The van der Waals surface area contributed by atoms with Crippen LogP contribution in [0.2, 0.25) is 0 Å². The van der Waals surface area contributed by atoms with Crippen molar-refractivity contribution in [1.82, 2.24) is 15.0 Å². The van der Waals surface area contributed by atoms with Crippen LogP contribution in [0.15, 0.2) is 4.52 Å². The Bertz CT molecular complexity index is 313. The molecule has 0 amide bonds. The molecule has 1 aliphatic heterocycles. The third kappa shape index (κ3) is 2.76. The van der Waals surface area contributed by atoms with Crippen LogP contribution in [0, 0.1) is 12.8 Å². The Hall–Kier alpha value is -0.940. The SMILES string of the molecule is Cc1nc(CN2CCCC(CO)C2)no1. The van der Waals surface area contributed by atoms with Gasteiger partial charge in [-0.25, -0.2) is 0 Å². The summed E-state index contributed by atoms with van der Waals surface area (Å²) < 4.78 is 4.92. The van der Waals surface area contributed by atoms with E-state index in [1.54, 1.807) is 6.92 Å². The number of likely N-dealkylation sites (tertiary alicyclic amines) is 1. The number of hydrogen-bond acceptors (Lipinski definition) is 5. The summed E-state index contributed by atoms with van der Waals surface area (Å²) in [4.78, 5) is 6.45. The molecule has 1 fully saturated rings. The van der Waals surface area contributed by atoms with Crippen LogP contribution >= 0.6 is 0 Å². The average Bonchev–Trinajstić information content (AvgIpc) is 2.64. The van der Waals surface area contributed by atoms with E-state index in [0.717, 1.165) is 38.3 Å².